The van der Waals surface area contributed by atoms with Crippen LogP contribution < -0.4 is 0 Å². The number of nitrogens with zero attached hydrogens (tertiary/aromatic N) is 4. The van der Waals surface area contributed by atoms with Gasteiger partial charge in [-0.25, -0.2) is 0 Å². The molecule has 0 atom stereocenters. The van der Waals surface area contributed by atoms with Gasteiger partial charge >= 0.3 is 6.18 Å². The van der Waals surface area contributed by atoms with Crippen molar-refractivity contribution >= 4 is 0 Å². The van der Waals surface area contributed by atoms with Gasteiger partial charge in [-0.05, 0) is 12.3 Å². The van der Waals surface area contributed by atoms with Crippen molar-refractivity contribution in [2.24, 2.45) is 7.05 Å². The second-order valence-electron chi connectivity index (χ2n) is 7.45. The summed E-state index contributed by atoms with van der Waals surface area (Å²) in [5.41, 5.74) is 3.45. The van der Waals surface area contributed by atoms with Crippen LogP contribution in [0.25, 0.3) is 0 Å². The van der Waals surface area contributed by atoms with Crippen molar-refractivity contribution in [3.8, 4) is 0 Å². The molecule has 0 aromatic carbocycles. The van der Waals surface area contributed by atoms with Crippen molar-refractivity contribution in [1.29, 1.82) is 0 Å². The predicted octanol–water partition coefficient (Wildman–Crippen LogP) is 2.71. The van der Waals surface area contributed by atoms with Crippen LogP contribution in [-0.4, -0.2) is 58.5 Å². The topological polar surface area (TPSA) is 24.3 Å². The van der Waals surface area contributed by atoms with Gasteiger partial charge in [-0.15, -0.1) is 0 Å². The minimum Gasteiger partial charge on any atom is -0.295 e. The number of alkyl halides is 3. The maximum Gasteiger partial charge on any atom is 0.401 e. The lowest BCUT2D eigenvalue weighted by Gasteiger charge is -2.35. The molecule has 1 fully saturated rings. The van der Waals surface area contributed by atoms with Gasteiger partial charge < -0.3 is 0 Å². The van der Waals surface area contributed by atoms with E-state index in [1.54, 1.807) is 0 Å². The molecule has 0 bridgehead atoms. The number of halogens is 3. The van der Waals surface area contributed by atoms with E-state index in [0.717, 1.165) is 11.4 Å². The Balaban J connectivity index is 2.01. The van der Waals surface area contributed by atoms with E-state index in [1.807, 2.05) is 11.7 Å². The normalized spacial score (nSPS) is 18.6. The molecular formula is C16H27F3N4. The van der Waals surface area contributed by atoms with Crippen molar-refractivity contribution < 1.29 is 13.2 Å². The third-order valence-corrected chi connectivity index (χ3v) is 4.40. The van der Waals surface area contributed by atoms with Crippen LogP contribution in [-0.2, 0) is 19.0 Å². The highest BCUT2D eigenvalue weighted by atomic mass is 19.4. The Morgan fingerprint density at radius 1 is 1.00 bits per heavy atom. The molecule has 1 aliphatic heterocycles. The molecule has 2 rings (SSSR count). The van der Waals surface area contributed by atoms with Gasteiger partial charge in [-0.1, -0.05) is 20.8 Å². The molecule has 23 heavy (non-hydrogen) atoms. The Labute approximate surface area is 136 Å². The molecule has 132 valence electrons. The Hall–Kier alpha value is -1.08. The van der Waals surface area contributed by atoms with E-state index >= 15 is 0 Å². The lowest BCUT2D eigenvalue weighted by molar-refractivity contribution is -0.149. The Kier molecular flexibility index (Phi) is 5.11. The molecular weight excluding hydrogens is 305 g/mol. The molecule has 1 aromatic rings. The monoisotopic (exact) mass is 332 g/mol. The molecule has 2 heterocycles. The second kappa shape index (κ2) is 6.43. The van der Waals surface area contributed by atoms with Gasteiger partial charge in [0.15, 0.2) is 0 Å². The average Bonchev–Trinajstić information content (AvgIpc) is 2.65. The summed E-state index contributed by atoms with van der Waals surface area (Å²) in [5, 5.41) is 4.63. The first-order valence-corrected chi connectivity index (χ1v) is 8.02. The highest BCUT2D eigenvalue weighted by Gasteiger charge is 2.32. The highest BCUT2D eigenvalue weighted by molar-refractivity contribution is 5.32. The summed E-state index contributed by atoms with van der Waals surface area (Å²) in [4.78, 5) is 3.68. The summed E-state index contributed by atoms with van der Waals surface area (Å²) < 4.78 is 39.2. The SMILES string of the molecule is Cc1c(C(C)(C)C)c(CN2CCN(CC(F)(F)F)CC2)nn1C. The van der Waals surface area contributed by atoms with Gasteiger partial charge in [-0.3, -0.25) is 14.5 Å². The average molecular weight is 332 g/mol. The van der Waals surface area contributed by atoms with Crippen LogP contribution >= 0.6 is 0 Å². The fourth-order valence-corrected chi connectivity index (χ4v) is 3.33. The van der Waals surface area contributed by atoms with Crippen molar-refractivity contribution in [2.75, 3.05) is 32.7 Å². The first-order chi connectivity index (χ1) is 10.5. The third kappa shape index (κ3) is 4.70. The van der Waals surface area contributed by atoms with Gasteiger partial charge in [0.1, 0.15) is 0 Å². The molecule has 0 amide bonds. The highest BCUT2D eigenvalue weighted by Crippen LogP contribution is 2.29. The fraction of sp³-hybridized carbons (Fsp3) is 0.812. The quantitative estimate of drug-likeness (QED) is 0.851. The number of hydrogen-bond donors (Lipinski definition) is 0. The molecule has 0 aliphatic carbocycles. The maximum absolute atomic E-state index is 12.4. The molecule has 4 nitrogen and oxygen atoms in total. The first-order valence-electron chi connectivity index (χ1n) is 8.02. The summed E-state index contributed by atoms with van der Waals surface area (Å²) in [5.74, 6) is 0. The van der Waals surface area contributed by atoms with E-state index in [9.17, 15) is 13.2 Å². The van der Waals surface area contributed by atoms with E-state index in [4.69, 9.17) is 0 Å². The lowest BCUT2D eigenvalue weighted by atomic mass is 9.85. The summed E-state index contributed by atoms with van der Waals surface area (Å²) in [6.07, 6.45) is -4.11. The van der Waals surface area contributed by atoms with E-state index in [1.165, 1.54) is 10.5 Å². The van der Waals surface area contributed by atoms with Crippen LogP contribution in [0.2, 0.25) is 0 Å². The fourth-order valence-electron chi connectivity index (χ4n) is 3.33. The Morgan fingerprint density at radius 2 is 1.52 bits per heavy atom. The van der Waals surface area contributed by atoms with Gasteiger partial charge in [0.05, 0.1) is 12.2 Å². The summed E-state index contributed by atoms with van der Waals surface area (Å²) in [6.45, 7) is 10.7. The number of aryl methyl sites for hydroxylation is 1. The van der Waals surface area contributed by atoms with Crippen LogP contribution in [0.4, 0.5) is 13.2 Å². The van der Waals surface area contributed by atoms with Crippen molar-refractivity contribution in [3.63, 3.8) is 0 Å². The molecule has 1 aromatic heterocycles. The van der Waals surface area contributed by atoms with Gasteiger partial charge in [-0.2, -0.15) is 18.3 Å². The lowest BCUT2D eigenvalue weighted by Crippen LogP contribution is -2.48. The molecule has 1 saturated heterocycles. The zero-order valence-corrected chi connectivity index (χ0v) is 14.7. The predicted molar refractivity (Wildman–Crippen MR) is 84.4 cm³/mol. The number of rotatable bonds is 3. The Morgan fingerprint density at radius 3 is 2.00 bits per heavy atom. The molecule has 0 radical (unpaired) electrons. The maximum atomic E-state index is 12.4. The minimum atomic E-state index is -4.11. The number of aromatic nitrogens is 2. The standard InChI is InChI=1S/C16H27F3N4/c1-12-14(15(2,3)4)13(20-21(12)5)10-22-6-8-23(9-7-22)11-16(17,18)19/h6-11H2,1-5H3. The number of piperazine rings is 1. The van der Waals surface area contributed by atoms with Crippen LogP contribution in [0.1, 0.15) is 37.7 Å². The van der Waals surface area contributed by atoms with E-state index in [-0.39, 0.29) is 5.41 Å². The smallest absolute Gasteiger partial charge is 0.295 e. The zero-order chi connectivity index (χ0) is 17.4. The molecule has 0 unspecified atom stereocenters. The van der Waals surface area contributed by atoms with Crippen molar-refractivity contribution in [1.82, 2.24) is 19.6 Å². The van der Waals surface area contributed by atoms with E-state index in [0.29, 0.717) is 32.7 Å². The molecule has 1 aliphatic rings. The van der Waals surface area contributed by atoms with E-state index < -0.39 is 12.7 Å². The van der Waals surface area contributed by atoms with Gasteiger partial charge in [0.25, 0.3) is 0 Å². The summed E-state index contributed by atoms with van der Waals surface area (Å²) >= 11 is 0. The molecule has 0 spiro atoms. The largest absolute Gasteiger partial charge is 0.401 e. The van der Waals surface area contributed by atoms with Crippen LogP contribution in [0.15, 0.2) is 0 Å². The summed E-state index contributed by atoms with van der Waals surface area (Å²) in [6, 6.07) is 0. The molecule has 0 saturated carbocycles. The summed E-state index contributed by atoms with van der Waals surface area (Å²) in [7, 11) is 1.94. The van der Waals surface area contributed by atoms with Crippen LogP contribution in [0.5, 0.6) is 0 Å². The first kappa shape index (κ1) is 18.3. The van der Waals surface area contributed by atoms with Crippen LogP contribution in [0.3, 0.4) is 0 Å². The van der Waals surface area contributed by atoms with Crippen molar-refractivity contribution in [3.05, 3.63) is 17.0 Å². The minimum absolute atomic E-state index is 0.00574. The van der Waals surface area contributed by atoms with Gasteiger partial charge in [0, 0.05) is 51.0 Å². The zero-order valence-electron chi connectivity index (χ0n) is 14.7. The third-order valence-electron chi connectivity index (χ3n) is 4.40. The second-order valence-corrected chi connectivity index (χ2v) is 7.45. The molecule has 7 heteroatoms. The molecule has 0 N–H and O–H groups in total. The number of hydrogen-bond acceptors (Lipinski definition) is 3. The Bertz CT molecular complexity index is 535. The van der Waals surface area contributed by atoms with Crippen molar-refractivity contribution in [2.45, 2.75) is 45.8 Å². The van der Waals surface area contributed by atoms with Crippen LogP contribution in [0, 0.1) is 6.92 Å². The van der Waals surface area contributed by atoms with Gasteiger partial charge in [0.2, 0.25) is 0 Å². The van der Waals surface area contributed by atoms with E-state index in [2.05, 4.69) is 37.7 Å².